The van der Waals surface area contributed by atoms with E-state index >= 15 is 0 Å². The van der Waals surface area contributed by atoms with E-state index in [9.17, 15) is 9.18 Å². The standard InChI is InChI=1S/C25H20FNO3S2/c1-29-22-13-18(11-12-21(22)30-16-19-9-5-6-10-20(19)26)14-23-24(28)27(25(31)32-23)15-17-7-3-2-4-8-17/h2-14H,15-16H2,1H3. The molecule has 0 N–H and O–H groups in total. The topological polar surface area (TPSA) is 38.8 Å². The van der Waals surface area contributed by atoms with Gasteiger partial charge in [-0.25, -0.2) is 4.39 Å². The number of carbonyl (C=O) groups is 1. The highest BCUT2D eigenvalue weighted by atomic mass is 32.2. The molecule has 0 radical (unpaired) electrons. The molecular formula is C25H20FNO3S2. The third kappa shape index (κ3) is 5.00. The van der Waals surface area contributed by atoms with E-state index in [0.29, 0.717) is 32.8 Å². The summed E-state index contributed by atoms with van der Waals surface area (Å²) >= 11 is 6.70. The summed E-state index contributed by atoms with van der Waals surface area (Å²) in [6.07, 6.45) is 1.79. The first-order valence-electron chi connectivity index (χ1n) is 9.88. The lowest BCUT2D eigenvalue weighted by molar-refractivity contribution is -0.122. The van der Waals surface area contributed by atoms with Crippen LogP contribution >= 0.6 is 24.0 Å². The summed E-state index contributed by atoms with van der Waals surface area (Å²) in [6.45, 7) is 0.523. The molecule has 1 saturated heterocycles. The molecule has 4 nitrogen and oxygen atoms in total. The number of carbonyl (C=O) groups excluding carboxylic acids is 1. The number of nitrogens with zero attached hydrogens (tertiary/aromatic N) is 1. The van der Waals surface area contributed by atoms with Crippen molar-refractivity contribution in [3.63, 3.8) is 0 Å². The van der Waals surface area contributed by atoms with Gasteiger partial charge in [0.25, 0.3) is 5.91 Å². The van der Waals surface area contributed by atoms with E-state index in [1.807, 2.05) is 36.4 Å². The lowest BCUT2D eigenvalue weighted by Gasteiger charge is -2.14. The second-order valence-corrected chi connectivity index (χ2v) is 8.72. The highest BCUT2D eigenvalue weighted by molar-refractivity contribution is 8.26. The maximum Gasteiger partial charge on any atom is 0.266 e. The zero-order chi connectivity index (χ0) is 22.5. The van der Waals surface area contributed by atoms with Crippen LogP contribution in [0.3, 0.4) is 0 Å². The Morgan fingerprint density at radius 2 is 1.78 bits per heavy atom. The van der Waals surface area contributed by atoms with Crippen LogP contribution in [0.15, 0.2) is 77.7 Å². The quantitative estimate of drug-likeness (QED) is 0.325. The molecule has 7 heteroatoms. The molecule has 1 heterocycles. The first kappa shape index (κ1) is 22.0. The minimum atomic E-state index is -0.319. The van der Waals surface area contributed by atoms with Crippen LogP contribution in [-0.4, -0.2) is 22.2 Å². The molecule has 32 heavy (non-hydrogen) atoms. The molecule has 0 unspecified atom stereocenters. The number of methoxy groups -OCH3 is 1. The molecule has 0 atom stereocenters. The summed E-state index contributed by atoms with van der Waals surface area (Å²) in [4.78, 5) is 15.0. The number of rotatable bonds is 7. The van der Waals surface area contributed by atoms with Crippen LogP contribution in [0.25, 0.3) is 6.08 Å². The minimum Gasteiger partial charge on any atom is -0.493 e. The molecule has 162 valence electrons. The molecule has 4 rings (SSSR count). The van der Waals surface area contributed by atoms with Crippen LogP contribution in [0.5, 0.6) is 11.5 Å². The number of benzene rings is 3. The Bertz CT molecular complexity index is 1180. The molecule has 1 aliphatic heterocycles. The predicted molar refractivity (Wildman–Crippen MR) is 129 cm³/mol. The fourth-order valence-corrected chi connectivity index (χ4v) is 4.47. The molecule has 0 bridgehead atoms. The Balaban J connectivity index is 1.49. The van der Waals surface area contributed by atoms with Crippen molar-refractivity contribution in [2.45, 2.75) is 13.2 Å². The fourth-order valence-electron chi connectivity index (χ4n) is 3.22. The Morgan fingerprint density at radius 3 is 2.53 bits per heavy atom. The summed E-state index contributed by atoms with van der Waals surface area (Å²) in [7, 11) is 1.54. The molecule has 3 aromatic carbocycles. The number of thioether (sulfide) groups is 1. The largest absolute Gasteiger partial charge is 0.493 e. The monoisotopic (exact) mass is 465 g/mol. The molecule has 0 spiro atoms. The summed E-state index contributed by atoms with van der Waals surface area (Å²) in [5, 5.41) is 0. The first-order valence-corrected chi connectivity index (χ1v) is 11.1. The molecular weight excluding hydrogens is 445 g/mol. The van der Waals surface area contributed by atoms with E-state index in [-0.39, 0.29) is 18.3 Å². The summed E-state index contributed by atoms with van der Waals surface area (Å²) in [5.74, 6) is 0.544. The van der Waals surface area contributed by atoms with Crippen LogP contribution < -0.4 is 9.47 Å². The van der Waals surface area contributed by atoms with E-state index in [1.165, 1.54) is 24.9 Å². The zero-order valence-electron chi connectivity index (χ0n) is 17.3. The molecule has 0 saturated carbocycles. The van der Waals surface area contributed by atoms with Gasteiger partial charge in [-0.1, -0.05) is 78.6 Å². The third-order valence-electron chi connectivity index (χ3n) is 4.88. The molecule has 0 aromatic heterocycles. The second-order valence-electron chi connectivity index (χ2n) is 7.04. The van der Waals surface area contributed by atoms with Gasteiger partial charge in [0.2, 0.25) is 0 Å². The van der Waals surface area contributed by atoms with E-state index in [1.54, 1.807) is 41.3 Å². The van der Waals surface area contributed by atoms with Gasteiger partial charge >= 0.3 is 0 Å². The van der Waals surface area contributed by atoms with Gasteiger partial charge in [0, 0.05) is 5.56 Å². The third-order valence-corrected chi connectivity index (χ3v) is 6.26. The Hall–Kier alpha value is -3.16. The molecule has 1 fully saturated rings. The molecule has 0 aliphatic carbocycles. The van der Waals surface area contributed by atoms with Gasteiger partial charge in [0.1, 0.15) is 16.7 Å². The molecule has 1 amide bonds. The average Bonchev–Trinajstić information content (AvgIpc) is 3.07. The van der Waals surface area contributed by atoms with E-state index in [0.717, 1.165) is 11.1 Å². The van der Waals surface area contributed by atoms with Crippen LogP contribution in [-0.2, 0) is 17.9 Å². The normalized spacial score (nSPS) is 14.8. The van der Waals surface area contributed by atoms with Crippen molar-refractivity contribution < 1.29 is 18.7 Å². The van der Waals surface area contributed by atoms with Crippen molar-refractivity contribution >= 4 is 40.3 Å². The van der Waals surface area contributed by atoms with E-state index in [2.05, 4.69) is 0 Å². The number of amides is 1. The van der Waals surface area contributed by atoms with Crippen LogP contribution in [0.2, 0.25) is 0 Å². The summed E-state index contributed by atoms with van der Waals surface area (Å²) in [6, 6.07) is 21.5. The van der Waals surface area contributed by atoms with Gasteiger partial charge < -0.3 is 9.47 Å². The lowest BCUT2D eigenvalue weighted by Crippen LogP contribution is -2.27. The summed E-state index contributed by atoms with van der Waals surface area (Å²) < 4.78 is 25.6. The van der Waals surface area contributed by atoms with E-state index < -0.39 is 0 Å². The van der Waals surface area contributed by atoms with Crippen molar-refractivity contribution in [1.29, 1.82) is 0 Å². The lowest BCUT2D eigenvalue weighted by atomic mass is 10.1. The van der Waals surface area contributed by atoms with Crippen molar-refractivity contribution in [1.82, 2.24) is 4.90 Å². The van der Waals surface area contributed by atoms with Gasteiger partial charge in [-0.3, -0.25) is 9.69 Å². The van der Waals surface area contributed by atoms with Gasteiger partial charge in [0.05, 0.1) is 18.6 Å². The highest BCUT2D eigenvalue weighted by Crippen LogP contribution is 2.35. The average molecular weight is 466 g/mol. The van der Waals surface area contributed by atoms with Crippen molar-refractivity contribution in [3.8, 4) is 11.5 Å². The van der Waals surface area contributed by atoms with Gasteiger partial charge in [-0.15, -0.1) is 0 Å². The molecule has 3 aromatic rings. The maximum absolute atomic E-state index is 13.8. The number of thiocarbonyl (C=S) groups is 1. The van der Waals surface area contributed by atoms with Crippen molar-refractivity contribution in [2.24, 2.45) is 0 Å². The van der Waals surface area contributed by atoms with Crippen LogP contribution in [0, 0.1) is 5.82 Å². The second kappa shape index (κ2) is 9.97. The van der Waals surface area contributed by atoms with Crippen molar-refractivity contribution in [3.05, 3.63) is 100 Å². The molecule has 1 aliphatic rings. The first-order chi connectivity index (χ1) is 15.5. The predicted octanol–water partition coefficient (Wildman–Crippen LogP) is 5.81. The number of halogens is 1. The Labute approximate surface area is 195 Å². The van der Waals surface area contributed by atoms with Crippen molar-refractivity contribution in [2.75, 3.05) is 7.11 Å². The summed E-state index contributed by atoms with van der Waals surface area (Å²) in [5.41, 5.74) is 2.25. The number of hydrogen-bond acceptors (Lipinski definition) is 5. The SMILES string of the molecule is COc1cc(C=C2SC(=S)N(Cc3ccccc3)C2=O)ccc1OCc1ccccc1F. The van der Waals surface area contributed by atoms with E-state index in [4.69, 9.17) is 21.7 Å². The highest BCUT2D eigenvalue weighted by Gasteiger charge is 2.32. The van der Waals surface area contributed by atoms with Gasteiger partial charge in [0.15, 0.2) is 11.5 Å². The van der Waals surface area contributed by atoms with Crippen LogP contribution in [0.4, 0.5) is 4.39 Å². The number of ether oxygens (including phenoxy) is 2. The Morgan fingerprint density at radius 1 is 1.03 bits per heavy atom. The number of hydrogen-bond donors (Lipinski definition) is 0. The van der Waals surface area contributed by atoms with Gasteiger partial charge in [-0.2, -0.15) is 0 Å². The van der Waals surface area contributed by atoms with Crippen LogP contribution in [0.1, 0.15) is 16.7 Å². The fraction of sp³-hybridized carbons (Fsp3) is 0.120. The Kier molecular flexibility index (Phi) is 6.87. The maximum atomic E-state index is 13.8. The zero-order valence-corrected chi connectivity index (χ0v) is 18.9. The minimum absolute atomic E-state index is 0.0839. The smallest absolute Gasteiger partial charge is 0.266 e. The van der Waals surface area contributed by atoms with Gasteiger partial charge in [-0.05, 0) is 35.4 Å².